The van der Waals surface area contributed by atoms with Crippen molar-refractivity contribution in [2.75, 3.05) is 6.54 Å². The molecule has 4 aromatic rings. The second-order valence-corrected chi connectivity index (χ2v) is 7.25. The average molecular weight is 398 g/mol. The Bertz CT molecular complexity index is 1180. The summed E-state index contributed by atoms with van der Waals surface area (Å²) >= 11 is 0. The molecule has 0 fully saturated rings. The standard InChI is InChI=1S/C20H20F2N6O/c1-11(2)5-18-23-8-14-13(7-24-19(14)27-18)12-3-4-28-16(6-12)15(9-26-28)20(29)25-10-17(21)22/h3-4,6-9,11,17H,5,10H2,1-2H3,(H,25,29)(H,23,24,27). The molecule has 0 saturated carbocycles. The number of pyridine rings is 1. The Morgan fingerprint density at radius 2 is 2.14 bits per heavy atom. The molecule has 0 aliphatic rings. The van der Waals surface area contributed by atoms with Gasteiger partial charge in [0, 0.05) is 36.0 Å². The number of alkyl halides is 2. The predicted molar refractivity (Wildman–Crippen MR) is 105 cm³/mol. The van der Waals surface area contributed by atoms with Crippen LogP contribution in [0.15, 0.2) is 36.9 Å². The average Bonchev–Trinajstić information content (AvgIpc) is 3.28. The van der Waals surface area contributed by atoms with Gasteiger partial charge in [-0.05, 0) is 23.6 Å². The molecule has 0 saturated heterocycles. The number of hydrogen-bond acceptors (Lipinski definition) is 4. The number of halogens is 2. The van der Waals surface area contributed by atoms with Gasteiger partial charge in [0.1, 0.15) is 11.5 Å². The summed E-state index contributed by atoms with van der Waals surface area (Å²) in [6, 6.07) is 3.67. The predicted octanol–water partition coefficient (Wildman–Crippen LogP) is 3.47. The summed E-state index contributed by atoms with van der Waals surface area (Å²) in [5.41, 5.74) is 3.24. The number of carbonyl (C=O) groups excluding carboxylic acids is 1. The summed E-state index contributed by atoms with van der Waals surface area (Å²) in [7, 11) is 0. The Morgan fingerprint density at radius 3 is 2.90 bits per heavy atom. The maximum absolute atomic E-state index is 12.4. The first-order valence-corrected chi connectivity index (χ1v) is 9.29. The third kappa shape index (κ3) is 3.80. The van der Waals surface area contributed by atoms with E-state index in [9.17, 15) is 13.6 Å². The number of nitrogens with one attached hydrogen (secondary N) is 2. The van der Waals surface area contributed by atoms with E-state index < -0.39 is 18.9 Å². The minimum absolute atomic E-state index is 0.239. The van der Waals surface area contributed by atoms with Gasteiger partial charge in [0.05, 0.1) is 23.8 Å². The van der Waals surface area contributed by atoms with Crippen LogP contribution < -0.4 is 5.32 Å². The SMILES string of the molecule is CC(C)Cc1ncc2c(-c3ccn4ncc(C(=O)NCC(F)F)c4c3)c[nH]c2n1. The van der Waals surface area contributed by atoms with Crippen molar-refractivity contribution in [1.29, 1.82) is 0 Å². The fourth-order valence-corrected chi connectivity index (χ4v) is 3.23. The molecule has 4 heterocycles. The van der Waals surface area contributed by atoms with E-state index in [-0.39, 0.29) is 5.56 Å². The van der Waals surface area contributed by atoms with Gasteiger partial charge in [0.2, 0.25) is 0 Å². The van der Waals surface area contributed by atoms with Crippen LogP contribution >= 0.6 is 0 Å². The van der Waals surface area contributed by atoms with Gasteiger partial charge in [-0.15, -0.1) is 0 Å². The van der Waals surface area contributed by atoms with E-state index >= 15 is 0 Å². The molecule has 0 aromatic carbocycles. The molecule has 0 spiro atoms. The molecule has 0 bridgehead atoms. The van der Waals surface area contributed by atoms with Crippen LogP contribution in [0, 0.1) is 5.92 Å². The van der Waals surface area contributed by atoms with Crippen molar-refractivity contribution < 1.29 is 13.6 Å². The van der Waals surface area contributed by atoms with Crippen molar-refractivity contribution in [2.45, 2.75) is 26.7 Å². The quantitative estimate of drug-likeness (QED) is 0.521. The van der Waals surface area contributed by atoms with Gasteiger partial charge >= 0.3 is 0 Å². The zero-order chi connectivity index (χ0) is 20.5. The van der Waals surface area contributed by atoms with Gasteiger partial charge in [-0.3, -0.25) is 4.79 Å². The lowest BCUT2D eigenvalue weighted by atomic mass is 10.1. The molecule has 29 heavy (non-hydrogen) atoms. The van der Waals surface area contributed by atoms with E-state index in [1.807, 2.05) is 12.3 Å². The first-order chi connectivity index (χ1) is 13.9. The molecule has 9 heteroatoms. The fourth-order valence-electron chi connectivity index (χ4n) is 3.23. The number of carbonyl (C=O) groups is 1. The summed E-state index contributed by atoms with van der Waals surface area (Å²) in [6.07, 6.45) is 4.92. The molecule has 0 atom stereocenters. The summed E-state index contributed by atoms with van der Waals surface area (Å²) in [4.78, 5) is 24.5. The van der Waals surface area contributed by atoms with Gasteiger partial charge in [-0.25, -0.2) is 23.3 Å². The first-order valence-electron chi connectivity index (χ1n) is 9.29. The van der Waals surface area contributed by atoms with Gasteiger partial charge in [0.15, 0.2) is 0 Å². The molecule has 150 valence electrons. The van der Waals surface area contributed by atoms with Crippen molar-refractivity contribution >= 4 is 22.5 Å². The van der Waals surface area contributed by atoms with E-state index in [0.717, 1.165) is 34.4 Å². The number of rotatable bonds is 6. The summed E-state index contributed by atoms with van der Waals surface area (Å²) in [6.45, 7) is 3.53. The molecule has 0 radical (unpaired) electrons. The zero-order valence-electron chi connectivity index (χ0n) is 16.0. The van der Waals surface area contributed by atoms with Crippen LogP contribution in [0.25, 0.3) is 27.7 Å². The monoisotopic (exact) mass is 398 g/mol. The number of amides is 1. The second-order valence-electron chi connectivity index (χ2n) is 7.25. The topological polar surface area (TPSA) is 88.0 Å². The lowest BCUT2D eigenvalue weighted by molar-refractivity contribution is 0.0893. The second kappa shape index (κ2) is 7.57. The van der Waals surface area contributed by atoms with Crippen LogP contribution in [0.5, 0.6) is 0 Å². The molecule has 4 aromatic heterocycles. The van der Waals surface area contributed by atoms with Gasteiger partial charge in [0.25, 0.3) is 12.3 Å². The minimum atomic E-state index is -2.61. The van der Waals surface area contributed by atoms with E-state index in [1.54, 1.807) is 18.5 Å². The van der Waals surface area contributed by atoms with Crippen LogP contribution in [0.2, 0.25) is 0 Å². The highest BCUT2D eigenvalue weighted by molar-refractivity contribution is 6.02. The van der Waals surface area contributed by atoms with Crippen LogP contribution in [0.3, 0.4) is 0 Å². The van der Waals surface area contributed by atoms with Crippen molar-refractivity contribution in [2.24, 2.45) is 5.92 Å². The van der Waals surface area contributed by atoms with Crippen LogP contribution in [-0.2, 0) is 6.42 Å². The lowest BCUT2D eigenvalue weighted by Gasteiger charge is -2.05. The third-order valence-electron chi connectivity index (χ3n) is 4.57. The van der Waals surface area contributed by atoms with Crippen molar-refractivity contribution in [1.82, 2.24) is 29.9 Å². The van der Waals surface area contributed by atoms with Gasteiger partial charge in [-0.2, -0.15) is 5.10 Å². The molecular weight excluding hydrogens is 378 g/mol. The highest BCUT2D eigenvalue weighted by Gasteiger charge is 2.16. The van der Waals surface area contributed by atoms with E-state index in [2.05, 4.69) is 39.2 Å². The Labute approximate surface area is 165 Å². The van der Waals surface area contributed by atoms with E-state index in [4.69, 9.17) is 0 Å². The van der Waals surface area contributed by atoms with Gasteiger partial charge in [-0.1, -0.05) is 13.8 Å². The minimum Gasteiger partial charge on any atom is -0.346 e. The maximum Gasteiger partial charge on any atom is 0.255 e. The van der Waals surface area contributed by atoms with Crippen molar-refractivity contribution in [3.8, 4) is 11.1 Å². The van der Waals surface area contributed by atoms with Crippen LogP contribution in [0.1, 0.15) is 30.0 Å². The number of hydrogen-bond donors (Lipinski definition) is 2. The number of H-pyrrole nitrogens is 1. The Hall–Kier alpha value is -3.36. The van der Waals surface area contributed by atoms with Crippen LogP contribution in [-0.4, -0.2) is 43.4 Å². The Kier molecular flexibility index (Phi) is 4.96. The summed E-state index contributed by atoms with van der Waals surface area (Å²) in [5, 5.41) is 7.21. The Balaban J connectivity index is 1.71. The summed E-state index contributed by atoms with van der Waals surface area (Å²) in [5.74, 6) is 0.656. The zero-order valence-corrected chi connectivity index (χ0v) is 16.0. The normalized spacial score (nSPS) is 11.8. The molecule has 2 N–H and O–H groups in total. The molecule has 0 unspecified atom stereocenters. The molecule has 4 rings (SSSR count). The molecule has 0 aliphatic carbocycles. The molecule has 0 aliphatic heterocycles. The molecule has 1 amide bonds. The van der Waals surface area contributed by atoms with E-state index in [1.165, 1.54) is 10.7 Å². The van der Waals surface area contributed by atoms with Crippen LogP contribution in [0.4, 0.5) is 8.78 Å². The van der Waals surface area contributed by atoms with E-state index in [0.29, 0.717) is 11.4 Å². The summed E-state index contributed by atoms with van der Waals surface area (Å²) < 4.78 is 26.3. The highest BCUT2D eigenvalue weighted by Crippen LogP contribution is 2.29. The number of aromatic nitrogens is 5. The first kappa shape index (κ1) is 19.0. The largest absolute Gasteiger partial charge is 0.346 e. The smallest absolute Gasteiger partial charge is 0.255 e. The number of fused-ring (bicyclic) bond motifs is 2. The highest BCUT2D eigenvalue weighted by atomic mass is 19.3. The van der Waals surface area contributed by atoms with Crippen molar-refractivity contribution in [3.05, 3.63) is 48.3 Å². The fraction of sp³-hybridized carbons (Fsp3) is 0.300. The van der Waals surface area contributed by atoms with Gasteiger partial charge < -0.3 is 10.3 Å². The number of nitrogens with zero attached hydrogens (tertiary/aromatic N) is 4. The molecular formula is C20H20F2N6O. The Morgan fingerprint density at radius 1 is 1.31 bits per heavy atom. The number of aromatic amines is 1. The third-order valence-corrected chi connectivity index (χ3v) is 4.57. The maximum atomic E-state index is 12.4. The lowest BCUT2D eigenvalue weighted by Crippen LogP contribution is -2.28. The molecule has 7 nitrogen and oxygen atoms in total. The van der Waals surface area contributed by atoms with Crippen molar-refractivity contribution in [3.63, 3.8) is 0 Å².